The van der Waals surface area contributed by atoms with Crippen molar-refractivity contribution >= 4 is 11.2 Å². The lowest BCUT2D eigenvalue weighted by atomic mass is 10.1. The second kappa shape index (κ2) is 4.17. The van der Waals surface area contributed by atoms with Crippen LogP contribution in [0.2, 0.25) is 0 Å². The zero-order valence-electron chi connectivity index (χ0n) is 7.09. The van der Waals surface area contributed by atoms with Crippen molar-refractivity contribution in [2.45, 2.75) is 38.4 Å². The summed E-state index contributed by atoms with van der Waals surface area (Å²) in [6.45, 7) is 4.24. The standard InChI is InChI=1S/C9H14OS/c1-3-5-9-8(4-2)6-7-11(9)10/h6,9H,3-5H2,1-2H3. The van der Waals surface area contributed by atoms with Crippen molar-refractivity contribution in [3.05, 3.63) is 17.4 Å². The molecular formula is C9H14OS. The van der Waals surface area contributed by atoms with Crippen LogP contribution < -0.4 is 0 Å². The Hall–Kier alpha value is 0.0500. The molecule has 1 aliphatic heterocycles. The second-order valence-corrected chi connectivity index (χ2v) is 4.16. The first-order valence-corrected chi connectivity index (χ1v) is 5.36. The maximum absolute atomic E-state index is 11.3. The van der Waals surface area contributed by atoms with Crippen LogP contribution in [0.5, 0.6) is 0 Å². The van der Waals surface area contributed by atoms with Crippen molar-refractivity contribution in [2.24, 2.45) is 0 Å². The molecule has 2 radical (unpaired) electrons. The number of hydrogen-bond acceptors (Lipinski definition) is 1. The number of hydrogen-bond donors (Lipinski definition) is 0. The molecule has 1 aliphatic rings. The van der Waals surface area contributed by atoms with Gasteiger partial charge >= 0.3 is 0 Å². The van der Waals surface area contributed by atoms with Crippen LogP contribution >= 0.6 is 0 Å². The third-order valence-corrected chi connectivity index (χ3v) is 3.40. The lowest BCUT2D eigenvalue weighted by Crippen LogP contribution is -2.17. The van der Waals surface area contributed by atoms with Crippen LogP contribution in [0, 0.1) is 5.75 Å². The van der Waals surface area contributed by atoms with E-state index in [0.717, 1.165) is 19.3 Å². The van der Waals surface area contributed by atoms with Gasteiger partial charge in [-0.3, -0.25) is 0 Å². The molecule has 0 aromatic rings. The Morgan fingerprint density at radius 3 is 2.91 bits per heavy atom. The van der Waals surface area contributed by atoms with Gasteiger partial charge in [-0.15, -0.1) is 0 Å². The molecule has 0 bridgehead atoms. The summed E-state index contributed by atoms with van der Waals surface area (Å²) >= 11 is -0.833. The van der Waals surface area contributed by atoms with E-state index in [2.05, 4.69) is 19.6 Å². The van der Waals surface area contributed by atoms with Crippen molar-refractivity contribution < 1.29 is 4.55 Å². The summed E-state index contributed by atoms with van der Waals surface area (Å²) in [5.74, 6) is 2.87. The van der Waals surface area contributed by atoms with Crippen molar-refractivity contribution in [3.63, 3.8) is 0 Å². The summed E-state index contributed by atoms with van der Waals surface area (Å²) in [4.78, 5) is 0. The summed E-state index contributed by atoms with van der Waals surface area (Å²) < 4.78 is 11.3. The van der Waals surface area contributed by atoms with Gasteiger partial charge in [0.15, 0.2) is 0 Å². The highest BCUT2D eigenvalue weighted by molar-refractivity contribution is 7.94. The summed E-state index contributed by atoms with van der Waals surface area (Å²) in [5.41, 5.74) is 1.31. The Kier molecular flexibility index (Phi) is 3.46. The van der Waals surface area contributed by atoms with E-state index >= 15 is 0 Å². The third-order valence-electron chi connectivity index (χ3n) is 1.99. The molecule has 0 aromatic carbocycles. The van der Waals surface area contributed by atoms with Crippen LogP contribution in [0.15, 0.2) is 11.6 Å². The van der Waals surface area contributed by atoms with Gasteiger partial charge in [0.1, 0.15) is 5.25 Å². The average Bonchev–Trinajstić information content (AvgIpc) is 2.34. The summed E-state index contributed by atoms with van der Waals surface area (Å²) in [7, 11) is 0. The third kappa shape index (κ3) is 2.00. The van der Waals surface area contributed by atoms with Crippen molar-refractivity contribution in [3.8, 4) is 0 Å². The largest absolute Gasteiger partial charge is 0.615 e. The Labute approximate surface area is 72.1 Å². The summed E-state index contributed by atoms with van der Waals surface area (Å²) in [6.07, 6.45) is 5.08. The molecule has 0 spiro atoms. The highest BCUT2D eigenvalue weighted by Gasteiger charge is 2.31. The second-order valence-electron chi connectivity index (χ2n) is 2.77. The van der Waals surface area contributed by atoms with Gasteiger partial charge in [0.2, 0.25) is 0 Å². The van der Waals surface area contributed by atoms with Crippen LogP contribution in [-0.2, 0) is 11.2 Å². The molecule has 1 nitrogen and oxygen atoms in total. The van der Waals surface area contributed by atoms with Gasteiger partial charge in [-0.25, -0.2) is 0 Å². The molecule has 0 aromatic heterocycles. The lowest BCUT2D eigenvalue weighted by molar-refractivity contribution is 0.587. The molecule has 1 heterocycles. The van der Waals surface area contributed by atoms with Gasteiger partial charge in [-0.1, -0.05) is 20.3 Å². The fraction of sp³-hybridized carbons (Fsp3) is 0.667. The molecular weight excluding hydrogens is 156 g/mol. The van der Waals surface area contributed by atoms with Crippen LogP contribution in [0.3, 0.4) is 0 Å². The minimum Gasteiger partial charge on any atom is -0.615 e. The highest BCUT2D eigenvalue weighted by atomic mass is 32.2. The predicted octanol–water partition coefficient (Wildman–Crippen LogP) is 2.29. The van der Waals surface area contributed by atoms with Gasteiger partial charge in [0, 0.05) is 0 Å². The van der Waals surface area contributed by atoms with Crippen LogP contribution in [0.1, 0.15) is 33.1 Å². The molecule has 2 unspecified atom stereocenters. The van der Waals surface area contributed by atoms with Crippen LogP contribution in [-0.4, -0.2) is 9.80 Å². The molecule has 1 rings (SSSR count). The van der Waals surface area contributed by atoms with Gasteiger partial charge in [0.25, 0.3) is 5.75 Å². The van der Waals surface area contributed by atoms with Crippen LogP contribution in [0.25, 0.3) is 0 Å². The highest BCUT2D eigenvalue weighted by Crippen LogP contribution is 2.29. The zero-order valence-corrected chi connectivity index (χ0v) is 7.91. The molecule has 0 amide bonds. The minimum atomic E-state index is -0.833. The quantitative estimate of drug-likeness (QED) is 0.596. The Morgan fingerprint density at radius 2 is 2.36 bits per heavy atom. The van der Waals surface area contributed by atoms with E-state index < -0.39 is 11.2 Å². The average molecular weight is 170 g/mol. The molecule has 0 aliphatic carbocycles. The first kappa shape index (κ1) is 9.14. The first-order chi connectivity index (χ1) is 5.29. The van der Waals surface area contributed by atoms with Crippen molar-refractivity contribution in [2.75, 3.05) is 0 Å². The molecule has 0 N–H and O–H groups in total. The van der Waals surface area contributed by atoms with Crippen LogP contribution in [0.4, 0.5) is 0 Å². The Bertz CT molecular complexity index is 154. The van der Waals surface area contributed by atoms with E-state index in [-0.39, 0.29) is 5.25 Å². The van der Waals surface area contributed by atoms with Crippen molar-refractivity contribution in [1.82, 2.24) is 0 Å². The lowest BCUT2D eigenvalue weighted by Gasteiger charge is -2.14. The number of rotatable bonds is 3. The normalized spacial score (nSPS) is 30.6. The molecule has 11 heavy (non-hydrogen) atoms. The Balaban J connectivity index is 2.51. The summed E-state index contributed by atoms with van der Waals surface area (Å²) in [5, 5.41) is 0.282. The molecule has 2 atom stereocenters. The molecule has 0 fully saturated rings. The molecule has 62 valence electrons. The van der Waals surface area contributed by atoms with E-state index in [1.54, 1.807) is 0 Å². The van der Waals surface area contributed by atoms with Gasteiger partial charge in [-0.2, -0.15) is 0 Å². The van der Waals surface area contributed by atoms with Gasteiger partial charge < -0.3 is 4.55 Å². The van der Waals surface area contributed by atoms with Gasteiger partial charge in [0.05, 0.1) is 0 Å². The zero-order chi connectivity index (χ0) is 8.27. The maximum Gasteiger partial charge on any atom is 0.263 e. The maximum atomic E-state index is 11.3. The Morgan fingerprint density at radius 1 is 1.64 bits per heavy atom. The van der Waals surface area contributed by atoms with E-state index in [4.69, 9.17) is 0 Å². The van der Waals surface area contributed by atoms with E-state index in [0.29, 0.717) is 0 Å². The fourth-order valence-corrected chi connectivity index (χ4v) is 2.72. The van der Waals surface area contributed by atoms with E-state index in [1.807, 2.05) is 6.08 Å². The molecule has 0 saturated carbocycles. The summed E-state index contributed by atoms with van der Waals surface area (Å²) in [6, 6.07) is 0. The smallest absolute Gasteiger partial charge is 0.263 e. The molecule has 2 heteroatoms. The SMILES string of the molecule is CCCC1C(CC)=C[C][S+]1[O-]. The fourth-order valence-electron chi connectivity index (χ4n) is 1.33. The van der Waals surface area contributed by atoms with Gasteiger partial charge in [-0.05, 0) is 35.7 Å². The van der Waals surface area contributed by atoms with Crippen molar-refractivity contribution in [1.29, 1.82) is 0 Å². The first-order valence-electron chi connectivity index (χ1n) is 4.15. The monoisotopic (exact) mass is 170 g/mol. The topological polar surface area (TPSA) is 23.1 Å². The predicted molar refractivity (Wildman–Crippen MR) is 48.5 cm³/mol. The molecule has 0 saturated heterocycles. The van der Waals surface area contributed by atoms with E-state index in [9.17, 15) is 4.55 Å². The minimum absolute atomic E-state index is 0.282. The van der Waals surface area contributed by atoms with E-state index in [1.165, 1.54) is 5.57 Å².